The summed E-state index contributed by atoms with van der Waals surface area (Å²) in [6, 6.07) is 0. The second-order valence-electron chi connectivity index (χ2n) is 5.55. The molecular formula is C13H14O6. The molecular weight excluding hydrogens is 252 g/mol. The Morgan fingerprint density at radius 2 is 0.895 bits per heavy atom. The number of carbonyl (C=O) groups is 4. The molecule has 4 unspecified atom stereocenters. The fourth-order valence-electron chi connectivity index (χ4n) is 3.21. The lowest BCUT2D eigenvalue weighted by atomic mass is 9.83. The highest BCUT2D eigenvalue weighted by Gasteiger charge is 2.45. The molecule has 0 radical (unpaired) electrons. The van der Waals surface area contributed by atoms with Crippen molar-refractivity contribution in [1.82, 2.24) is 0 Å². The van der Waals surface area contributed by atoms with Crippen LogP contribution < -0.4 is 0 Å². The number of fused-ring (bicyclic) bond motifs is 5. The Morgan fingerprint density at radius 1 is 0.579 bits per heavy atom. The summed E-state index contributed by atoms with van der Waals surface area (Å²) in [7, 11) is 0. The zero-order valence-corrected chi connectivity index (χ0v) is 10.3. The van der Waals surface area contributed by atoms with E-state index >= 15 is 0 Å². The molecule has 0 aromatic rings. The van der Waals surface area contributed by atoms with Crippen molar-refractivity contribution in [2.45, 2.75) is 32.1 Å². The van der Waals surface area contributed by atoms with Crippen LogP contribution in [0.3, 0.4) is 0 Å². The maximum atomic E-state index is 11.8. The van der Waals surface area contributed by atoms with Gasteiger partial charge in [0.15, 0.2) is 0 Å². The number of cyclic esters (lactones) is 4. The van der Waals surface area contributed by atoms with Crippen molar-refractivity contribution in [3.63, 3.8) is 0 Å². The van der Waals surface area contributed by atoms with Gasteiger partial charge in [-0.25, -0.2) is 0 Å². The van der Waals surface area contributed by atoms with Crippen molar-refractivity contribution in [2.75, 3.05) is 0 Å². The van der Waals surface area contributed by atoms with Gasteiger partial charge in [-0.05, 0) is 32.1 Å². The van der Waals surface area contributed by atoms with Crippen LogP contribution >= 0.6 is 0 Å². The molecule has 2 heterocycles. The Morgan fingerprint density at radius 3 is 1.32 bits per heavy atom. The molecule has 102 valence electrons. The summed E-state index contributed by atoms with van der Waals surface area (Å²) in [5, 5.41) is 0. The normalized spacial score (nSPS) is 38.7. The van der Waals surface area contributed by atoms with Crippen molar-refractivity contribution in [1.29, 1.82) is 0 Å². The predicted octanol–water partition coefficient (Wildman–Crippen LogP) is 0.582. The van der Waals surface area contributed by atoms with Gasteiger partial charge >= 0.3 is 23.9 Å². The third kappa shape index (κ3) is 2.15. The number of hydrogen-bond donors (Lipinski definition) is 0. The van der Waals surface area contributed by atoms with Crippen LogP contribution in [0.25, 0.3) is 0 Å². The van der Waals surface area contributed by atoms with Gasteiger partial charge in [0.25, 0.3) is 0 Å². The fraction of sp³-hybridized carbons (Fsp3) is 0.692. The first-order chi connectivity index (χ1) is 9.04. The first kappa shape index (κ1) is 12.3. The molecule has 2 saturated heterocycles. The lowest BCUT2D eigenvalue weighted by Gasteiger charge is -2.28. The van der Waals surface area contributed by atoms with Gasteiger partial charge in [-0.1, -0.05) is 0 Å². The second kappa shape index (κ2) is 4.43. The van der Waals surface area contributed by atoms with E-state index in [0.29, 0.717) is 32.1 Å². The van der Waals surface area contributed by atoms with Gasteiger partial charge in [0.05, 0.1) is 23.7 Å². The minimum atomic E-state index is -0.551. The summed E-state index contributed by atoms with van der Waals surface area (Å²) < 4.78 is 9.55. The molecule has 3 fully saturated rings. The zero-order valence-electron chi connectivity index (χ0n) is 10.3. The average Bonchev–Trinajstić information content (AvgIpc) is 2.46. The van der Waals surface area contributed by atoms with Crippen LogP contribution in [0, 0.1) is 23.7 Å². The summed E-state index contributed by atoms with van der Waals surface area (Å²) in [6.45, 7) is 0. The van der Waals surface area contributed by atoms with E-state index in [1.54, 1.807) is 0 Å². The molecule has 6 heteroatoms. The second-order valence-corrected chi connectivity index (χ2v) is 5.55. The standard InChI is InChI=1S/C13H14O6/c14-10-6-1-2-7(11(15)18-10)4-9-5-8(3-6)12(16)19-13(9)17/h6-9H,1-5H2. The highest BCUT2D eigenvalue weighted by atomic mass is 16.6. The van der Waals surface area contributed by atoms with E-state index < -0.39 is 47.5 Å². The molecule has 3 aliphatic rings. The average molecular weight is 266 g/mol. The maximum absolute atomic E-state index is 11.8. The Labute approximate surface area is 109 Å². The Kier molecular flexibility index (Phi) is 2.88. The van der Waals surface area contributed by atoms with Crippen molar-refractivity contribution in [3.8, 4) is 0 Å². The molecule has 19 heavy (non-hydrogen) atoms. The highest BCUT2D eigenvalue weighted by Crippen LogP contribution is 2.38. The number of hydrogen-bond acceptors (Lipinski definition) is 6. The molecule has 4 atom stereocenters. The first-order valence-corrected chi connectivity index (χ1v) is 6.55. The third-order valence-corrected chi connectivity index (χ3v) is 4.31. The molecule has 4 bridgehead atoms. The van der Waals surface area contributed by atoms with Crippen LogP contribution in [-0.2, 0) is 28.7 Å². The van der Waals surface area contributed by atoms with Crippen LogP contribution in [0.1, 0.15) is 32.1 Å². The number of carbonyl (C=O) groups excluding carboxylic acids is 4. The van der Waals surface area contributed by atoms with E-state index in [0.717, 1.165) is 0 Å². The monoisotopic (exact) mass is 266 g/mol. The van der Waals surface area contributed by atoms with Crippen LogP contribution in [0.15, 0.2) is 0 Å². The number of esters is 4. The molecule has 6 nitrogen and oxygen atoms in total. The SMILES string of the molecule is O=C1OC(=O)C2CCC1CC1CC(C2)C(=O)OC1=O. The smallest absolute Gasteiger partial charge is 0.316 e. The number of rotatable bonds is 0. The summed E-state index contributed by atoms with van der Waals surface area (Å²) in [6.07, 6.45) is 2.05. The molecule has 0 aromatic carbocycles. The van der Waals surface area contributed by atoms with E-state index in [-0.39, 0.29) is 0 Å². The maximum Gasteiger partial charge on any atom is 0.316 e. The van der Waals surface area contributed by atoms with Gasteiger partial charge in [0.2, 0.25) is 0 Å². The minimum absolute atomic E-state index is 0.307. The Bertz CT molecular complexity index is 428. The molecule has 3 rings (SSSR count). The van der Waals surface area contributed by atoms with Crippen molar-refractivity contribution in [3.05, 3.63) is 0 Å². The predicted molar refractivity (Wildman–Crippen MR) is 59.2 cm³/mol. The molecule has 1 aliphatic carbocycles. The van der Waals surface area contributed by atoms with Gasteiger partial charge < -0.3 is 9.47 Å². The summed E-state index contributed by atoms with van der Waals surface area (Å²) in [5.74, 6) is -3.96. The fourth-order valence-corrected chi connectivity index (χ4v) is 3.21. The van der Waals surface area contributed by atoms with Crippen LogP contribution in [0.5, 0.6) is 0 Å². The van der Waals surface area contributed by atoms with E-state index in [2.05, 4.69) is 0 Å². The molecule has 0 spiro atoms. The third-order valence-electron chi connectivity index (χ3n) is 4.31. The largest absolute Gasteiger partial charge is 0.393 e. The summed E-state index contributed by atoms with van der Waals surface area (Å²) >= 11 is 0. The van der Waals surface area contributed by atoms with Crippen molar-refractivity contribution >= 4 is 23.9 Å². The molecule has 0 N–H and O–H groups in total. The van der Waals surface area contributed by atoms with Gasteiger partial charge in [-0.3, -0.25) is 19.2 Å². The Balaban J connectivity index is 1.93. The van der Waals surface area contributed by atoms with Crippen molar-refractivity contribution < 1.29 is 28.7 Å². The summed E-state index contributed by atoms with van der Waals surface area (Å²) in [4.78, 5) is 46.9. The van der Waals surface area contributed by atoms with Gasteiger partial charge in [0.1, 0.15) is 0 Å². The quantitative estimate of drug-likeness (QED) is 0.471. The van der Waals surface area contributed by atoms with Gasteiger partial charge in [-0.15, -0.1) is 0 Å². The summed E-state index contributed by atoms with van der Waals surface area (Å²) in [5.41, 5.74) is 0. The zero-order chi connectivity index (χ0) is 13.6. The van der Waals surface area contributed by atoms with Crippen LogP contribution in [0.4, 0.5) is 0 Å². The lowest BCUT2D eigenvalue weighted by molar-refractivity contribution is -0.174. The highest BCUT2D eigenvalue weighted by molar-refractivity contribution is 5.93. The van der Waals surface area contributed by atoms with Crippen molar-refractivity contribution in [2.24, 2.45) is 23.7 Å². The van der Waals surface area contributed by atoms with E-state index in [4.69, 9.17) is 9.47 Å². The first-order valence-electron chi connectivity index (χ1n) is 6.55. The molecule has 0 aromatic heterocycles. The van der Waals surface area contributed by atoms with E-state index in [9.17, 15) is 19.2 Å². The Hall–Kier alpha value is -1.72. The van der Waals surface area contributed by atoms with Gasteiger partial charge in [0, 0.05) is 0 Å². The van der Waals surface area contributed by atoms with E-state index in [1.165, 1.54) is 0 Å². The van der Waals surface area contributed by atoms with Crippen LogP contribution in [0.2, 0.25) is 0 Å². The number of ether oxygens (including phenoxy) is 2. The lowest BCUT2D eigenvalue weighted by Crippen LogP contribution is -2.38. The van der Waals surface area contributed by atoms with Crippen LogP contribution in [-0.4, -0.2) is 23.9 Å². The molecule has 2 aliphatic heterocycles. The topological polar surface area (TPSA) is 86.7 Å². The minimum Gasteiger partial charge on any atom is -0.393 e. The van der Waals surface area contributed by atoms with Gasteiger partial charge in [-0.2, -0.15) is 0 Å². The van der Waals surface area contributed by atoms with E-state index in [1.807, 2.05) is 0 Å². The molecule has 0 amide bonds. The molecule has 1 saturated carbocycles.